The SMILES string of the molecule is CCNC(=NCC(=O)N1CCCC1)N1CCC(C)CC1.I. The molecular formula is C15H29IN4O. The summed E-state index contributed by atoms with van der Waals surface area (Å²) >= 11 is 0. The second kappa shape index (κ2) is 9.48. The van der Waals surface area contributed by atoms with Gasteiger partial charge in [0, 0.05) is 32.7 Å². The average Bonchev–Trinajstić information content (AvgIpc) is 2.98. The van der Waals surface area contributed by atoms with Gasteiger partial charge in [-0.05, 0) is 38.5 Å². The van der Waals surface area contributed by atoms with Crippen molar-refractivity contribution in [3.63, 3.8) is 0 Å². The zero-order chi connectivity index (χ0) is 14.4. The first kappa shape index (κ1) is 18.5. The fourth-order valence-corrected chi connectivity index (χ4v) is 2.86. The van der Waals surface area contributed by atoms with Gasteiger partial charge in [-0.2, -0.15) is 0 Å². The molecule has 2 saturated heterocycles. The Kier molecular flexibility index (Phi) is 8.36. The molecule has 0 saturated carbocycles. The molecular weight excluding hydrogens is 379 g/mol. The number of aliphatic imine (C=N–C) groups is 1. The maximum absolute atomic E-state index is 12.1. The van der Waals surface area contributed by atoms with Crippen LogP contribution in [-0.2, 0) is 4.79 Å². The van der Waals surface area contributed by atoms with Crippen molar-refractivity contribution in [1.82, 2.24) is 15.1 Å². The first-order valence-corrected chi connectivity index (χ1v) is 8.01. The van der Waals surface area contributed by atoms with Crippen LogP contribution >= 0.6 is 24.0 Å². The Balaban J connectivity index is 0.00000220. The summed E-state index contributed by atoms with van der Waals surface area (Å²) in [5.74, 6) is 1.88. The molecule has 1 amide bonds. The molecule has 0 aromatic rings. The van der Waals surface area contributed by atoms with Crippen molar-refractivity contribution < 1.29 is 4.79 Å². The van der Waals surface area contributed by atoms with E-state index in [0.29, 0.717) is 0 Å². The highest BCUT2D eigenvalue weighted by Gasteiger charge is 2.20. The highest BCUT2D eigenvalue weighted by molar-refractivity contribution is 14.0. The molecule has 122 valence electrons. The van der Waals surface area contributed by atoms with Gasteiger partial charge in [0.15, 0.2) is 5.96 Å². The lowest BCUT2D eigenvalue weighted by Crippen LogP contribution is -2.46. The second-order valence-electron chi connectivity index (χ2n) is 5.93. The monoisotopic (exact) mass is 408 g/mol. The molecule has 5 nitrogen and oxygen atoms in total. The quantitative estimate of drug-likeness (QED) is 0.441. The third-order valence-electron chi connectivity index (χ3n) is 4.24. The third-order valence-corrected chi connectivity index (χ3v) is 4.24. The van der Waals surface area contributed by atoms with Crippen LogP contribution in [0.15, 0.2) is 4.99 Å². The standard InChI is InChI=1S/C15H28N4O.HI/c1-3-16-15(19-10-6-13(2)7-11-19)17-12-14(20)18-8-4-5-9-18;/h13H,3-12H2,1-2H3,(H,16,17);1H. The summed E-state index contributed by atoms with van der Waals surface area (Å²) in [6.07, 6.45) is 4.70. The number of likely N-dealkylation sites (tertiary alicyclic amines) is 2. The predicted octanol–water partition coefficient (Wildman–Crippen LogP) is 1.92. The number of carbonyl (C=O) groups excluding carboxylic acids is 1. The van der Waals surface area contributed by atoms with Crippen molar-refractivity contribution in [2.75, 3.05) is 39.3 Å². The third kappa shape index (κ3) is 5.64. The number of nitrogens with one attached hydrogen (secondary N) is 1. The molecule has 2 fully saturated rings. The summed E-state index contributed by atoms with van der Waals surface area (Å²) in [7, 11) is 0. The largest absolute Gasteiger partial charge is 0.357 e. The second-order valence-corrected chi connectivity index (χ2v) is 5.93. The van der Waals surface area contributed by atoms with E-state index in [0.717, 1.165) is 57.4 Å². The van der Waals surface area contributed by atoms with Crippen molar-refractivity contribution in [2.45, 2.75) is 39.5 Å². The highest BCUT2D eigenvalue weighted by Crippen LogP contribution is 2.16. The van der Waals surface area contributed by atoms with Gasteiger partial charge in [0.1, 0.15) is 6.54 Å². The van der Waals surface area contributed by atoms with E-state index in [-0.39, 0.29) is 36.4 Å². The summed E-state index contributed by atoms with van der Waals surface area (Å²) < 4.78 is 0. The van der Waals surface area contributed by atoms with Crippen LogP contribution in [0, 0.1) is 5.92 Å². The summed E-state index contributed by atoms with van der Waals surface area (Å²) in [6, 6.07) is 0. The first-order valence-electron chi connectivity index (χ1n) is 8.01. The number of piperidine rings is 1. The van der Waals surface area contributed by atoms with E-state index >= 15 is 0 Å². The Bertz CT molecular complexity index is 348. The number of nitrogens with zero attached hydrogens (tertiary/aromatic N) is 3. The molecule has 0 bridgehead atoms. The average molecular weight is 408 g/mol. The van der Waals surface area contributed by atoms with Gasteiger partial charge in [0.25, 0.3) is 0 Å². The van der Waals surface area contributed by atoms with Crippen LogP contribution in [0.5, 0.6) is 0 Å². The lowest BCUT2D eigenvalue weighted by atomic mass is 10.00. The van der Waals surface area contributed by atoms with E-state index in [1.807, 2.05) is 4.90 Å². The van der Waals surface area contributed by atoms with Gasteiger partial charge in [-0.3, -0.25) is 4.79 Å². The fraction of sp³-hybridized carbons (Fsp3) is 0.867. The molecule has 0 radical (unpaired) electrons. The minimum atomic E-state index is 0. The summed E-state index contributed by atoms with van der Waals surface area (Å²) in [5, 5.41) is 3.32. The van der Waals surface area contributed by atoms with Crippen LogP contribution in [0.3, 0.4) is 0 Å². The van der Waals surface area contributed by atoms with Crippen LogP contribution < -0.4 is 5.32 Å². The molecule has 0 unspecified atom stereocenters. The molecule has 2 heterocycles. The highest BCUT2D eigenvalue weighted by atomic mass is 127. The van der Waals surface area contributed by atoms with Crippen molar-refractivity contribution in [3.05, 3.63) is 0 Å². The van der Waals surface area contributed by atoms with Crippen molar-refractivity contribution >= 4 is 35.8 Å². The molecule has 0 aromatic carbocycles. The van der Waals surface area contributed by atoms with E-state index in [1.165, 1.54) is 12.8 Å². The van der Waals surface area contributed by atoms with Crippen molar-refractivity contribution in [1.29, 1.82) is 0 Å². The first-order chi connectivity index (χ1) is 9.70. The molecule has 0 atom stereocenters. The lowest BCUT2D eigenvalue weighted by Gasteiger charge is -2.33. The maximum atomic E-state index is 12.1. The molecule has 2 rings (SSSR count). The van der Waals surface area contributed by atoms with Gasteiger partial charge >= 0.3 is 0 Å². The zero-order valence-electron chi connectivity index (χ0n) is 13.3. The number of amides is 1. The van der Waals surface area contributed by atoms with Crippen molar-refractivity contribution in [3.8, 4) is 0 Å². The van der Waals surface area contributed by atoms with E-state index in [1.54, 1.807) is 0 Å². The summed E-state index contributed by atoms with van der Waals surface area (Å²) in [4.78, 5) is 20.8. The van der Waals surface area contributed by atoms with Gasteiger partial charge < -0.3 is 15.1 Å². The molecule has 2 aliphatic heterocycles. The maximum Gasteiger partial charge on any atom is 0.244 e. The van der Waals surface area contributed by atoms with E-state index < -0.39 is 0 Å². The summed E-state index contributed by atoms with van der Waals surface area (Å²) in [6.45, 7) is 9.42. The van der Waals surface area contributed by atoms with Crippen LogP contribution in [0.4, 0.5) is 0 Å². The smallest absolute Gasteiger partial charge is 0.244 e. The number of hydrogen-bond acceptors (Lipinski definition) is 2. The lowest BCUT2D eigenvalue weighted by molar-refractivity contribution is -0.128. The normalized spacial score (nSPS) is 20.4. The number of rotatable bonds is 3. The van der Waals surface area contributed by atoms with Gasteiger partial charge in [-0.1, -0.05) is 6.92 Å². The van der Waals surface area contributed by atoms with Gasteiger partial charge in [-0.25, -0.2) is 4.99 Å². The summed E-state index contributed by atoms with van der Waals surface area (Å²) in [5.41, 5.74) is 0. The zero-order valence-corrected chi connectivity index (χ0v) is 15.6. The Labute approximate surface area is 145 Å². The van der Waals surface area contributed by atoms with Gasteiger partial charge in [-0.15, -0.1) is 24.0 Å². The Morgan fingerprint density at radius 1 is 1.14 bits per heavy atom. The van der Waals surface area contributed by atoms with E-state index in [4.69, 9.17) is 0 Å². The molecule has 0 aromatic heterocycles. The van der Waals surface area contributed by atoms with Gasteiger partial charge in [0.05, 0.1) is 0 Å². The van der Waals surface area contributed by atoms with E-state index in [9.17, 15) is 4.79 Å². The fourth-order valence-electron chi connectivity index (χ4n) is 2.86. The van der Waals surface area contributed by atoms with Crippen LogP contribution in [-0.4, -0.2) is 60.9 Å². The Hall–Kier alpha value is -0.530. The van der Waals surface area contributed by atoms with Gasteiger partial charge in [0.2, 0.25) is 5.91 Å². The molecule has 6 heteroatoms. The molecule has 2 aliphatic rings. The molecule has 0 spiro atoms. The van der Waals surface area contributed by atoms with E-state index in [2.05, 4.69) is 29.1 Å². The van der Waals surface area contributed by atoms with Crippen molar-refractivity contribution in [2.24, 2.45) is 10.9 Å². The van der Waals surface area contributed by atoms with Crippen LogP contribution in [0.1, 0.15) is 39.5 Å². The Morgan fingerprint density at radius 2 is 1.76 bits per heavy atom. The molecule has 21 heavy (non-hydrogen) atoms. The minimum absolute atomic E-state index is 0. The number of hydrogen-bond donors (Lipinski definition) is 1. The molecule has 0 aliphatic carbocycles. The number of guanidine groups is 1. The van der Waals surface area contributed by atoms with Crippen LogP contribution in [0.2, 0.25) is 0 Å². The topological polar surface area (TPSA) is 47.9 Å². The number of carbonyl (C=O) groups is 1. The minimum Gasteiger partial charge on any atom is -0.357 e. The Morgan fingerprint density at radius 3 is 2.33 bits per heavy atom. The molecule has 1 N–H and O–H groups in total. The predicted molar refractivity (Wildman–Crippen MR) is 97.2 cm³/mol. The number of halogens is 1. The van der Waals surface area contributed by atoms with Crippen LogP contribution in [0.25, 0.3) is 0 Å².